The van der Waals surface area contributed by atoms with Gasteiger partial charge in [0.1, 0.15) is 110 Å². The number of amidine groups is 2. The van der Waals surface area contributed by atoms with Gasteiger partial charge in [0.15, 0.2) is 26.7 Å². The second-order valence-corrected chi connectivity index (χ2v) is 26.2. The lowest BCUT2D eigenvalue weighted by Crippen LogP contribution is -2.36. The number of nitrogens with two attached hydrogens (primary N) is 4. The number of nitrogens with zero attached hydrogens (tertiary/aromatic N) is 23. The molecule has 0 aliphatic carbocycles. The van der Waals surface area contributed by atoms with Gasteiger partial charge in [-0.15, -0.1) is 35.3 Å². The highest BCUT2D eigenvalue weighted by molar-refractivity contribution is 8.03. The maximum atomic E-state index is 8.90. The van der Waals surface area contributed by atoms with Crippen molar-refractivity contribution in [2.75, 3.05) is 145 Å². The van der Waals surface area contributed by atoms with E-state index in [-0.39, 0.29) is 17.5 Å². The summed E-state index contributed by atoms with van der Waals surface area (Å²) in [4.78, 5) is 59.3. The van der Waals surface area contributed by atoms with Crippen LogP contribution in [-0.2, 0) is 13.1 Å². The lowest BCUT2D eigenvalue weighted by molar-refractivity contribution is 0.301. The molecule has 98 heavy (non-hydrogen) atoms. The zero-order valence-electron chi connectivity index (χ0n) is 58.1. The van der Waals surface area contributed by atoms with Crippen molar-refractivity contribution < 1.29 is 0 Å². The molecular formula is C66H93N29S3. The van der Waals surface area contributed by atoms with Crippen molar-refractivity contribution in [1.29, 1.82) is 10.5 Å². The van der Waals surface area contributed by atoms with E-state index in [0.29, 0.717) is 59.1 Å². The van der Waals surface area contributed by atoms with E-state index in [9.17, 15) is 0 Å². The molecule has 6 aliphatic heterocycles. The van der Waals surface area contributed by atoms with Crippen LogP contribution in [0, 0.1) is 62.1 Å². The molecular weight excluding hydrogens is 1300 g/mol. The smallest absolute Gasteiger partial charge is 0.383 e. The zero-order valence-corrected chi connectivity index (χ0v) is 60.5. The first kappa shape index (κ1) is 80.3. The second-order valence-electron chi connectivity index (χ2n) is 23.0. The SMILES string of the molecule is CN(C)C1=NCc2ncnc(N)c21.CN(C)c1n[nH]c(N)c1C#N.N#Cc1c(N2CCCCC2)n[nH]c1N.Nc1ncnc2c1C(N1CCCCC1)=NC2.[C-]#[N+]C([N+]#[C-])=C(SCCC)N(C)C.[C-]#[N+]C([N+]#[C-])=C(SCCC)N1CCCC1.[C-]#[N+]C([N+]#[C-])=C(SCCC)N1CCCCC1. The first-order chi connectivity index (χ1) is 47.4. The third kappa shape index (κ3) is 23.9. The largest absolute Gasteiger partial charge is 0.549 e. The number of nitriles is 2. The van der Waals surface area contributed by atoms with Crippen LogP contribution in [-0.4, -0.2) is 188 Å². The molecule has 4 aromatic heterocycles. The van der Waals surface area contributed by atoms with Gasteiger partial charge in [0.25, 0.3) is 0 Å². The molecule has 0 spiro atoms. The van der Waals surface area contributed by atoms with E-state index in [2.05, 4.69) is 126 Å². The first-order valence-electron chi connectivity index (χ1n) is 32.5. The van der Waals surface area contributed by atoms with Crippen molar-refractivity contribution in [3.8, 4) is 12.1 Å². The minimum absolute atomic E-state index is 0.170. The highest BCUT2D eigenvalue weighted by Gasteiger charge is 2.29. The fourth-order valence-electron chi connectivity index (χ4n) is 10.3. The van der Waals surface area contributed by atoms with E-state index in [4.69, 9.17) is 72.9 Å². The number of thioether (sulfide) groups is 3. The van der Waals surface area contributed by atoms with Crippen LogP contribution in [0.1, 0.15) is 144 Å². The molecule has 29 nitrogen and oxygen atoms in total. The number of aromatic amines is 2. The second kappa shape index (κ2) is 43.9. The van der Waals surface area contributed by atoms with Gasteiger partial charge in [-0.25, -0.2) is 19.9 Å². The van der Waals surface area contributed by atoms with Crippen molar-refractivity contribution in [2.24, 2.45) is 9.98 Å². The van der Waals surface area contributed by atoms with Crippen molar-refractivity contribution in [1.82, 2.24) is 64.8 Å². The van der Waals surface area contributed by atoms with Crippen LogP contribution >= 0.6 is 35.3 Å². The number of likely N-dealkylation sites (tertiary alicyclic amines) is 3. The molecule has 10 N–H and O–H groups in total. The Balaban J connectivity index is 0.000000244. The molecule has 520 valence electrons. The summed E-state index contributed by atoms with van der Waals surface area (Å²) in [7, 11) is 11.2. The number of aliphatic imine (C=N–C) groups is 2. The van der Waals surface area contributed by atoms with E-state index >= 15 is 0 Å². The number of H-pyrrole nitrogens is 2. The normalized spacial score (nSPS) is 14.2. The molecule has 4 aromatic rings. The van der Waals surface area contributed by atoms with Crippen LogP contribution < -0.4 is 32.7 Å². The third-order valence-electron chi connectivity index (χ3n) is 15.0. The Morgan fingerprint density at radius 2 is 0.918 bits per heavy atom. The van der Waals surface area contributed by atoms with Gasteiger partial charge in [0.05, 0.1) is 35.6 Å². The molecule has 10 rings (SSSR count). The molecule has 6 aliphatic rings. The lowest BCUT2D eigenvalue weighted by Gasteiger charge is -2.29. The predicted molar refractivity (Wildman–Crippen MR) is 397 cm³/mol. The maximum Gasteiger partial charge on any atom is 0.549 e. The summed E-state index contributed by atoms with van der Waals surface area (Å²) >= 11 is 4.88. The monoisotopic (exact) mass is 1390 g/mol. The van der Waals surface area contributed by atoms with Gasteiger partial charge >= 0.3 is 17.5 Å². The number of nitrogen functional groups attached to an aromatic ring is 4. The molecule has 4 fully saturated rings. The summed E-state index contributed by atoms with van der Waals surface area (Å²) in [6.07, 6.45) is 19.6. The maximum absolute atomic E-state index is 8.90. The molecule has 0 saturated carbocycles. The summed E-state index contributed by atoms with van der Waals surface area (Å²) in [5.41, 5.74) is 27.3. The van der Waals surface area contributed by atoms with Gasteiger partial charge in [0.2, 0.25) is 0 Å². The van der Waals surface area contributed by atoms with Crippen LogP contribution in [0.5, 0.6) is 0 Å². The third-order valence-corrected chi connectivity index (χ3v) is 19.1. The van der Waals surface area contributed by atoms with E-state index < -0.39 is 0 Å². The van der Waals surface area contributed by atoms with Crippen LogP contribution in [0.4, 0.5) is 34.9 Å². The Morgan fingerprint density at radius 3 is 1.35 bits per heavy atom. The van der Waals surface area contributed by atoms with Crippen molar-refractivity contribution in [3.05, 3.63) is 147 Å². The topological polar surface area (TPSA) is 334 Å². The Labute approximate surface area is 591 Å². The van der Waals surface area contributed by atoms with Crippen molar-refractivity contribution in [3.63, 3.8) is 0 Å². The lowest BCUT2D eigenvalue weighted by atomic mass is 10.1. The van der Waals surface area contributed by atoms with Crippen molar-refractivity contribution in [2.45, 2.75) is 124 Å². The first-order valence-corrected chi connectivity index (χ1v) is 35.5. The highest BCUT2D eigenvalue weighted by atomic mass is 32.2. The molecule has 4 saturated heterocycles. The molecule has 0 amide bonds. The fourth-order valence-corrected chi connectivity index (χ4v) is 13.2. The highest BCUT2D eigenvalue weighted by Crippen LogP contribution is 2.32. The molecule has 32 heteroatoms. The number of hydrogen-bond acceptors (Lipinski definition) is 24. The van der Waals surface area contributed by atoms with Gasteiger partial charge < -0.3 is 57.2 Å². The number of aromatic nitrogens is 8. The van der Waals surface area contributed by atoms with Crippen LogP contribution in [0.2, 0.25) is 0 Å². The molecule has 0 aromatic carbocycles. The minimum Gasteiger partial charge on any atom is -0.383 e. The average Bonchev–Trinajstić information content (AvgIpc) is 1.66. The number of rotatable bonds is 14. The Hall–Kier alpha value is -10.1. The van der Waals surface area contributed by atoms with Crippen molar-refractivity contribution >= 4 is 81.9 Å². The van der Waals surface area contributed by atoms with Crippen LogP contribution in [0.3, 0.4) is 0 Å². The van der Waals surface area contributed by atoms with E-state index in [1.54, 1.807) is 54.3 Å². The molecule has 10 heterocycles. The number of anilines is 6. The number of nitrogens with one attached hydrogen (secondary N) is 2. The summed E-state index contributed by atoms with van der Waals surface area (Å²) in [5.74, 6) is 8.50. The minimum atomic E-state index is 0.170. The van der Waals surface area contributed by atoms with E-state index in [0.717, 1.165) is 151 Å². The van der Waals surface area contributed by atoms with Gasteiger partial charge in [-0.1, -0.05) is 20.8 Å². The summed E-state index contributed by atoms with van der Waals surface area (Å²) in [6, 6.07) is 4.05. The van der Waals surface area contributed by atoms with Gasteiger partial charge in [-0.3, -0.25) is 20.2 Å². The van der Waals surface area contributed by atoms with Crippen LogP contribution in [0.25, 0.3) is 29.1 Å². The molecule has 0 radical (unpaired) electrons. The number of fused-ring (bicyclic) bond motifs is 2. The predicted octanol–water partition coefficient (Wildman–Crippen LogP) is 10.9. The number of piperidine rings is 3. The fraction of sp³-hybridized carbons (Fsp3) is 0.545. The average molecular weight is 1390 g/mol. The summed E-state index contributed by atoms with van der Waals surface area (Å²) < 4.78 is 0. The van der Waals surface area contributed by atoms with Gasteiger partial charge in [-0.2, -0.15) is 49.8 Å². The van der Waals surface area contributed by atoms with Gasteiger partial charge in [0, 0.05) is 94.6 Å². The summed E-state index contributed by atoms with van der Waals surface area (Å²) in [6.45, 7) is 57.5. The quantitative estimate of drug-likeness (QED) is 0.0639. The molecule has 0 unspecified atom stereocenters. The number of hydrogen-bond donors (Lipinski definition) is 6. The zero-order chi connectivity index (χ0) is 71.9. The molecule has 0 bridgehead atoms. The standard InChI is InChI=1S/C12H17N3S.C11H15N5.C11H15N3S.C9H13N5.C9H13N3S.C8H11N5.C6H9N5/c1-4-10-16-12(11(13-2)14-3)15-8-6-5-7-9-15;12-10-9-8(14-7-15-10)6-13-11(9)16-4-2-1-3-5-16;1-4-9-15-11(10(12-2)13-3)14-7-5-6-8-14;10-6-7-8(11)12-13-9(7)14-4-2-1-3-5-14;1-6-7-13-9(12(4)5)8(10-2)11-3;1-13(2)8-6-5(3-10-8)11-4-12-7(6)9;1-11(2)6-4(3-7)5(8)9-10-6/h4-10H2,1H3;7H,1-6H2,(H2,12,14,15);4-9H2,1H3;1-5H2,(H3,11,12,13);6-7H2,1,4-5H3;4H,3H2,1-2H3,(H2,9,11,12);1-2H3,(H3,8,9,10). The molecule has 0 atom stereocenters. The van der Waals surface area contributed by atoms with E-state index in [1.807, 2.05) is 44.1 Å². The Morgan fingerprint density at radius 1 is 0.510 bits per heavy atom. The summed E-state index contributed by atoms with van der Waals surface area (Å²) in [5, 5.41) is 33.2. The van der Waals surface area contributed by atoms with E-state index in [1.165, 1.54) is 70.4 Å². The Kier molecular flexibility index (Phi) is 36.0. The van der Waals surface area contributed by atoms with Gasteiger partial charge in [-0.05, 0) is 107 Å². The van der Waals surface area contributed by atoms with Crippen LogP contribution in [0.15, 0.2) is 55.2 Å². The Bertz CT molecular complexity index is 3670.